The van der Waals surface area contributed by atoms with Gasteiger partial charge in [-0.1, -0.05) is 0 Å². The molecular formula is C11H8BrFN2O. The number of hydrogen-bond acceptors (Lipinski definition) is 3. The van der Waals surface area contributed by atoms with Crippen molar-refractivity contribution < 1.29 is 9.13 Å². The van der Waals surface area contributed by atoms with E-state index >= 15 is 0 Å². The lowest BCUT2D eigenvalue weighted by Crippen LogP contribution is -1.92. The molecule has 0 atom stereocenters. The molecule has 0 bridgehead atoms. The minimum absolute atomic E-state index is 0.338. The predicted molar refractivity (Wildman–Crippen MR) is 62.8 cm³/mol. The molecule has 2 aromatic rings. The Kier molecular flexibility index (Phi) is 3.05. The highest BCUT2D eigenvalue weighted by atomic mass is 79.9. The highest BCUT2D eigenvalue weighted by Crippen LogP contribution is 2.28. The van der Waals surface area contributed by atoms with Gasteiger partial charge >= 0.3 is 0 Å². The van der Waals surface area contributed by atoms with Gasteiger partial charge in [-0.2, -0.15) is 0 Å². The van der Waals surface area contributed by atoms with Crippen LogP contribution in [0.4, 0.5) is 10.1 Å². The summed E-state index contributed by atoms with van der Waals surface area (Å²) in [4.78, 5) is 3.84. The third-order valence-corrected chi connectivity index (χ3v) is 2.54. The summed E-state index contributed by atoms with van der Waals surface area (Å²) in [6, 6.07) is 6.03. The molecule has 0 aliphatic heterocycles. The van der Waals surface area contributed by atoms with Crippen LogP contribution in [0.3, 0.4) is 0 Å². The zero-order valence-electron chi connectivity index (χ0n) is 8.15. The molecule has 2 rings (SSSR count). The molecule has 3 nitrogen and oxygen atoms in total. The van der Waals surface area contributed by atoms with E-state index < -0.39 is 0 Å². The van der Waals surface area contributed by atoms with Crippen molar-refractivity contribution in [2.45, 2.75) is 0 Å². The van der Waals surface area contributed by atoms with Gasteiger partial charge in [-0.15, -0.1) is 0 Å². The zero-order valence-corrected chi connectivity index (χ0v) is 9.74. The minimum Gasteiger partial charge on any atom is -0.455 e. The van der Waals surface area contributed by atoms with Gasteiger partial charge in [0.1, 0.15) is 11.6 Å². The molecule has 16 heavy (non-hydrogen) atoms. The minimum atomic E-state index is -0.338. The topological polar surface area (TPSA) is 48.1 Å². The number of rotatable bonds is 2. The molecule has 5 heteroatoms. The van der Waals surface area contributed by atoms with Gasteiger partial charge in [0, 0.05) is 12.3 Å². The van der Waals surface area contributed by atoms with E-state index in [-0.39, 0.29) is 5.82 Å². The molecule has 0 amide bonds. The van der Waals surface area contributed by atoms with Gasteiger partial charge in [-0.3, -0.25) is 4.98 Å². The van der Waals surface area contributed by atoms with Gasteiger partial charge in [0.25, 0.3) is 0 Å². The Morgan fingerprint density at radius 1 is 1.31 bits per heavy atom. The Hall–Kier alpha value is -1.62. The zero-order chi connectivity index (χ0) is 11.5. The van der Waals surface area contributed by atoms with E-state index in [9.17, 15) is 4.39 Å². The second-order valence-electron chi connectivity index (χ2n) is 3.09. The molecule has 0 saturated carbocycles. The van der Waals surface area contributed by atoms with Crippen molar-refractivity contribution in [2.75, 3.05) is 5.73 Å². The number of ether oxygens (including phenoxy) is 1. The Bertz CT molecular complexity index is 519. The molecule has 2 N–H and O–H groups in total. The summed E-state index contributed by atoms with van der Waals surface area (Å²) in [6.07, 6.45) is 3.07. The van der Waals surface area contributed by atoms with Gasteiger partial charge in [0.2, 0.25) is 0 Å². The standard InChI is InChI=1S/C11H8BrFN2O/c12-8-5-7(1-2-9(8)13)16-11-3-4-15-6-10(11)14/h1-6H,14H2. The Labute approximate surface area is 100 Å². The van der Waals surface area contributed by atoms with Crippen LogP contribution in [-0.4, -0.2) is 4.98 Å². The molecule has 0 unspecified atom stereocenters. The van der Waals surface area contributed by atoms with E-state index in [1.54, 1.807) is 12.3 Å². The van der Waals surface area contributed by atoms with Crippen LogP contribution in [0.5, 0.6) is 11.5 Å². The summed E-state index contributed by atoms with van der Waals surface area (Å²) in [6.45, 7) is 0. The summed E-state index contributed by atoms with van der Waals surface area (Å²) in [7, 11) is 0. The summed E-state index contributed by atoms with van der Waals surface area (Å²) in [5.41, 5.74) is 6.10. The monoisotopic (exact) mass is 282 g/mol. The van der Waals surface area contributed by atoms with Gasteiger partial charge < -0.3 is 10.5 Å². The number of anilines is 1. The van der Waals surface area contributed by atoms with Crippen LogP contribution in [0.15, 0.2) is 41.1 Å². The van der Waals surface area contributed by atoms with Crippen LogP contribution in [0.1, 0.15) is 0 Å². The normalized spacial score (nSPS) is 10.1. The molecular weight excluding hydrogens is 275 g/mol. The largest absolute Gasteiger partial charge is 0.455 e. The van der Waals surface area contributed by atoms with Crippen molar-refractivity contribution in [3.05, 3.63) is 46.9 Å². The molecule has 82 valence electrons. The summed E-state index contributed by atoms with van der Waals surface area (Å²) in [5.74, 6) is 0.662. The number of pyridine rings is 1. The average Bonchev–Trinajstić information content (AvgIpc) is 2.27. The highest BCUT2D eigenvalue weighted by Gasteiger charge is 2.04. The van der Waals surface area contributed by atoms with Crippen molar-refractivity contribution in [1.82, 2.24) is 4.98 Å². The number of benzene rings is 1. The lowest BCUT2D eigenvalue weighted by molar-refractivity contribution is 0.481. The second-order valence-corrected chi connectivity index (χ2v) is 3.95. The van der Waals surface area contributed by atoms with Gasteiger partial charge in [0.15, 0.2) is 5.75 Å². The van der Waals surface area contributed by atoms with Crippen LogP contribution in [0.2, 0.25) is 0 Å². The van der Waals surface area contributed by atoms with Crippen LogP contribution in [0, 0.1) is 5.82 Å². The molecule has 1 aromatic carbocycles. The van der Waals surface area contributed by atoms with E-state index in [1.165, 1.54) is 24.4 Å². The third kappa shape index (κ3) is 2.30. The van der Waals surface area contributed by atoms with E-state index in [1.807, 2.05) is 0 Å². The van der Waals surface area contributed by atoms with E-state index in [2.05, 4.69) is 20.9 Å². The molecule has 0 radical (unpaired) electrons. The van der Waals surface area contributed by atoms with E-state index in [0.29, 0.717) is 21.7 Å². The molecule has 1 aromatic heterocycles. The van der Waals surface area contributed by atoms with Crippen LogP contribution >= 0.6 is 15.9 Å². The fraction of sp³-hybridized carbons (Fsp3) is 0. The first kappa shape index (κ1) is 10.9. The Morgan fingerprint density at radius 2 is 2.12 bits per heavy atom. The lowest BCUT2D eigenvalue weighted by Gasteiger charge is -2.07. The first-order valence-electron chi connectivity index (χ1n) is 4.49. The SMILES string of the molecule is Nc1cnccc1Oc1ccc(F)c(Br)c1. The maximum absolute atomic E-state index is 13.0. The smallest absolute Gasteiger partial charge is 0.153 e. The van der Waals surface area contributed by atoms with Gasteiger partial charge in [0.05, 0.1) is 16.4 Å². The highest BCUT2D eigenvalue weighted by molar-refractivity contribution is 9.10. The molecule has 0 spiro atoms. The summed E-state index contributed by atoms with van der Waals surface area (Å²) in [5, 5.41) is 0. The molecule has 0 saturated heterocycles. The number of nitrogens with two attached hydrogens (primary N) is 1. The lowest BCUT2D eigenvalue weighted by atomic mass is 10.3. The van der Waals surface area contributed by atoms with Crippen LogP contribution in [-0.2, 0) is 0 Å². The maximum atomic E-state index is 13.0. The third-order valence-electron chi connectivity index (χ3n) is 1.93. The van der Waals surface area contributed by atoms with Gasteiger partial charge in [-0.25, -0.2) is 4.39 Å². The average molecular weight is 283 g/mol. The summed E-state index contributed by atoms with van der Waals surface area (Å²) >= 11 is 3.08. The number of halogens is 2. The van der Waals surface area contributed by atoms with Crippen molar-refractivity contribution in [2.24, 2.45) is 0 Å². The van der Waals surface area contributed by atoms with Crippen LogP contribution in [0.25, 0.3) is 0 Å². The summed E-state index contributed by atoms with van der Waals surface area (Å²) < 4.78 is 18.8. The molecule has 1 heterocycles. The van der Waals surface area contributed by atoms with Crippen LogP contribution < -0.4 is 10.5 Å². The first-order valence-corrected chi connectivity index (χ1v) is 5.28. The van der Waals surface area contributed by atoms with Crippen molar-refractivity contribution >= 4 is 21.6 Å². The van der Waals surface area contributed by atoms with Crippen molar-refractivity contribution in [3.8, 4) is 11.5 Å². The number of nitrogen functional groups attached to an aromatic ring is 1. The number of hydrogen-bond donors (Lipinski definition) is 1. The Balaban J connectivity index is 2.28. The fourth-order valence-corrected chi connectivity index (χ4v) is 1.51. The second kappa shape index (κ2) is 4.49. The number of nitrogens with zero attached hydrogens (tertiary/aromatic N) is 1. The Morgan fingerprint density at radius 3 is 2.81 bits per heavy atom. The molecule has 0 aliphatic rings. The number of aromatic nitrogens is 1. The molecule has 0 fully saturated rings. The first-order chi connectivity index (χ1) is 7.66. The van der Waals surface area contributed by atoms with Crippen molar-refractivity contribution in [3.63, 3.8) is 0 Å². The molecule has 0 aliphatic carbocycles. The maximum Gasteiger partial charge on any atom is 0.153 e. The quantitative estimate of drug-likeness (QED) is 0.919. The predicted octanol–water partition coefficient (Wildman–Crippen LogP) is 3.36. The van der Waals surface area contributed by atoms with E-state index in [4.69, 9.17) is 10.5 Å². The van der Waals surface area contributed by atoms with E-state index in [0.717, 1.165) is 0 Å². The fourth-order valence-electron chi connectivity index (χ4n) is 1.15. The van der Waals surface area contributed by atoms with Crippen molar-refractivity contribution in [1.29, 1.82) is 0 Å². The van der Waals surface area contributed by atoms with Gasteiger partial charge in [-0.05, 0) is 34.1 Å².